The van der Waals surface area contributed by atoms with Gasteiger partial charge in [-0.3, -0.25) is 9.69 Å². The van der Waals surface area contributed by atoms with Gasteiger partial charge in [0.15, 0.2) is 0 Å². The normalized spacial score (nSPS) is 14.4. The lowest BCUT2D eigenvalue weighted by atomic mass is 10.1. The highest BCUT2D eigenvalue weighted by atomic mass is 16.5. The van der Waals surface area contributed by atoms with Gasteiger partial charge in [-0.25, -0.2) is 4.68 Å². The fourth-order valence-electron chi connectivity index (χ4n) is 4.61. The van der Waals surface area contributed by atoms with E-state index in [0.717, 1.165) is 55.0 Å². The summed E-state index contributed by atoms with van der Waals surface area (Å²) in [6, 6.07) is 16.3. The predicted octanol–water partition coefficient (Wildman–Crippen LogP) is 4.24. The molecule has 4 aromatic rings. The standard InChI is InChI=1S/C28H32N6O2/c1-20-9-11-23(12-10-20)27-30-26(36-31-27)8-5-13-32-14-16-33(17-15-32)28(35)25-19-29-34(22(25)3)24-7-4-6-21(2)18-24/h4,6-7,9-12,18-19H,5,8,13-17H2,1-3H3. The Morgan fingerprint density at radius 3 is 2.50 bits per heavy atom. The quantitative estimate of drug-likeness (QED) is 0.390. The summed E-state index contributed by atoms with van der Waals surface area (Å²) in [5, 5.41) is 8.61. The smallest absolute Gasteiger partial charge is 0.257 e. The number of hydrogen-bond donors (Lipinski definition) is 0. The van der Waals surface area contributed by atoms with Crippen LogP contribution in [0.4, 0.5) is 0 Å². The Balaban J connectivity index is 1.10. The Hall–Kier alpha value is -3.78. The van der Waals surface area contributed by atoms with E-state index >= 15 is 0 Å². The van der Waals surface area contributed by atoms with E-state index < -0.39 is 0 Å². The van der Waals surface area contributed by atoms with Crippen LogP contribution >= 0.6 is 0 Å². The van der Waals surface area contributed by atoms with Crippen LogP contribution in [0.2, 0.25) is 0 Å². The van der Waals surface area contributed by atoms with Gasteiger partial charge in [0, 0.05) is 38.2 Å². The van der Waals surface area contributed by atoms with Crippen molar-refractivity contribution in [1.82, 2.24) is 29.7 Å². The van der Waals surface area contributed by atoms with Crippen LogP contribution < -0.4 is 0 Å². The Labute approximate surface area is 211 Å². The number of nitrogens with zero attached hydrogens (tertiary/aromatic N) is 6. The first kappa shape index (κ1) is 23.9. The molecule has 0 atom stereocenters. The summed E-state index contributed by atoms with van der Waals surface area (Å²) in [5.74, 6) is 1.36. The third kappa shape index (κ3) is 5.23. The van der Waals surface area contributed by atoms with Gasteiger partial charge in [-0.15, -0.1) is 0 Å². The van der Waals surface area contributed by atoms with Crippen LogP contribution in [0.1, 0.15) is 39.5 Å². The van der Waals surface area contributed by atoms with E-state index in [0.29, 0.717) is 30.4 Å². The van der Waals surface area contributed by atoms with E-state index in [-0.39, 0.29) is 5.91 Å². The summed E-state index contributed by atoms with van der Waals surface area (Å²) in [6.07, 6.45) is 3.38. The van der Waals surface area contributed by atoms with Gasteiger partial charge in [0.25, 0.3) is 5.91 Å². The monoisotopic (exact) mass is 484 g/mol. The largest absolute Gasteiger partial charge is 0.339 e. The Morgan fingerprint density at radius 1 is 0.972 bits per heavy atom. The van der Waals surface area contributed by atoms with Crippen LogP contribution in [-0.4, -0.2) is 68.4 Å². The minimum absolute atomic E-state index is 0.0561. The van der Waals surface area contributed by atoms with Gasteiger partial charge in [0.2, 0.25) is 11.7 Å². The number of carbonyl (C=O) groups excluding carboxylic acids is 1. The van der Waals surface area contributed by atoms with Crippen molar-refractivity contribution >= 4 is 5.91 Å². The number of aromatic nitrogens is 4. The summed E-state index contributed by atoms with van der Waals surface area (Å²) in [5.41, 5.74) is 5.86. The molecule has 2 aromatic carbocycles. The molecule has 186 valence electrons. The molecule has 0 aliphatic carbocycles. The van der Waals surface area contributed by atoms with Gasteiger partial charge in [-0.05, 0) is 51.4 Å². The zero-order valence-corrected chi connectivity index (χ0v) is 21.1. The summed E-state index contributed by atoms with van der Waals surface area (Å²) >= 11 is 0. The number of piperazine rings is 1. The maximum atomic E-state index is 13.2. The molecule has 5 rings (SSSR count). The SMILES string of the molecule is Cc1ccc(-c2noc(CCCN3CCN(C(=O)c4cnn(-c5cccc(C)c5)c4C)CC3)n2)cc1. The molecule has 8 heteroatoms. The second-order valence-electron chi connectivity index (χ2n) is 9.51. The molecule has 0 spiro atoms. The first-order chi connectivity index (χ1) is 17.5. The molecule has 1 aliphatic rings. The van der Waals surface area contributed by atoms with Crippen LogP contribution in [0.25, 0.3) is 17.1 Å². The third-order valence-corrected chi connectivity index (χ3v) is 6.79. The van der Waals surface area contributed by atoms with Crippen LogP contribution in [-0.2, 0) is 6.42 Å². The summed E-state index contributed by atoms with van der Waals surface area (Å²) in [7, 11) is 0. The molecule has 3 heterocycles. The van der Waals surface area contributed by atoms with E-state index in [4.69, 9.17) is 4.52 Å². The molecular formula is C28H32N6O2. The molecule has 0 bridgehead atoms. The zero-order chi connectivity index (χ0) is 25.1. The average molecular weight is 485 g/mol. The van der Waals surface area contributed by atoms with Crippen LogP contribution in [0.15, 0.2) is 59.3 Å². The lowest BCUT2D eigenvalue weighted by Gasteiger charge is -2.34. The summed E-state index contributed by atoms with van der Waals surface area (Å²) in [4.78, 5) is 22.1. The second kappa shape index (κ2) is 10.5. The van der Waals surface area contributed by atoms with Gasteiger partial charge in [-0.2, -0.15) is 10.1 Å². The molecule has 0 radical (unpaired) electrons. The number of benzene rings is 2. The number of carbonyl (C=O) groups is 1. The molecule has 1 aliphatic heterocycles. The number of aryl methyl sites for hydroxylation is 3. The highest BCUT2D eigenvalue weighted by molar-refractivity contribution is 5.95. The third-order valence-electron chi connectivity index (χ3n) is 6.79. The molecular weight excluding hydrogens is 452 g/mol. The first-order valence-electron chi connectivity index (χ1n) is 12.5. The first-order valence-corrected chi connectivity index (χ1v) is 12.5. The van der Waals surface area contributed by atoms with Gasteiger partial charge >= 0.3 is 0 Å². The van der Waals surface area contributed by atoms with Crippen molar-refractivity contribution in [3.63, 3.8) is 0 Å². The number of rotatable bonds is 7. The molecule has 2 aromatic heterocycles. The van der Waals surface area contributed by atoms with Crippen molar-refractivity contribution < 1.29 is 9.32 Å². The van der Waals surface area contributed by atoms with Gasteiger partial charge in [-0.1, -0.05) is 47.1 Å². The van der Waals surface area contributed by atoms with Crippen molar-refractivity contribution in [3.8, 4) is 17.1 Å². The van der Waals surface area contributed by atoms with Crippen molar-refractivity contribution in [2.24, 2.45) is 0 Å². The lowest BCUT2D eigenvalue weighted by Crippen LogP contribution is -2.49. The number of hydrogen-bond acceptors (Lipinski definition) is 6. The molecule has 36 heavy (non-hydrogen) atoms. The summed E-state index contributed by atoms with van der Waals surface area (Å²) < 4.78 is 7.29. The van der Waals surface area contributed by atoms with Gasteiger partial charge in [0.05, 0.1) is 23.1 Å². The zero-order valence-electron chi connectivity index (χ0n) is 21.1. The van der Waals surface area contributed by atoms with Crippen molar-refractivity contribution in [2.75, 3.05) is 32.7 Å². The Kier molecular flexibility index (Phi) is 6.95. The second-order valence-corrected chi connectivity index (χ2v) is 9.51. The topological polar surface area (TPSA) is 80.3 Å². The fraction of sp³-hybridized carbons (Fsp3) is 0.357. The number of amides is 1. The maximum absolute atomic E-state index is 13.2. The average Bonchev–Trinajstić information content (AvgIpc) is 3.51. The van der Waals surface area contributed by atoms with E-state index in [9.17, 15) is 4.79 Å². The Morgan fingerprint density at radius 2 is 1.75 bits per heavy atom. The molecule has 0 N–H and O–H groups in total. The molecule has 1 saturated heterocycles. The summed E-state index contributed by atoms with van der Waals surface area (Å²) in [6.45, 7) is 10.2. The minimum atomic E-state index is 0.0561. The highest BCUT2D eigenvalue weighted by Crippen LogP contribution is 2.19. The Bertz CT molecular complexity index is 1330. The van der Waals surface area contributed by atoms with Crippen LogP contribution in [0, 0.1) is 20.8 Å². The molecule has 8 nitrogen and oxygen atoms in total. The van der Waals surface area contributed by atoms with E-state index in [1.165, 1.54) is 5.56 Å². The molecule has 1 fully saturated rings. The van der Waals surface area contributed by atoms with Crippen LogP contribution in [0.3, 0.4) is 0 Å². The molecule has 1 amide bonds. The predicted molar refractivity (Wildman–Crippen MR) is 138 cm³/mol. The molecule has 0 saturated carbocycles. The van der Waals surface area contributed by atoms with Crippen molar-refractivity contribution in [2.45, 2.75) is 33.6 Å². The van der Waals surface area contributed by atoms with Crippen molar-refractivity contribution in [3.05, 3.63) is 83.0 Å². The fourth-order valence-corrected chi connectivity index (χ4v) is 4.61. The molecule has 0 unspecified atom stereocenters. The van der Waals surface area contributed by atoms with E-state index in [1.807, 2.05) is 52.9 Å². The maximum Gasteiger partial charge on any atom is 0.257 e. The van der Waals surface area contributed by atoms with E-state index in [1.54, 1.807) is 6.20 Å². The van der Waals surface area contributed by atoms with E-state index in [2.05, 4.69) is 46.1 Å². The van der Waals surface area contributed by atoms with Crippen LogP contribution in [0.5, 0.6) is 0 Å². The van der Waals surface area contributed by atoms with Gasteiger partial charge in [0.1, 0.15) is 0 Å². The highest BCUT2D eigenvalue weighted by Gasteiger charge is 2.25. The van der Waals surface area contributed by atoms with Gasteiger partial charge < -0.3 is 9.42 Å². The minimum Gasteiger partial charge on any atom is -0.339 e. The van der Waals surface area contributed by atoms with Crippen molar-refractivity contribution in [1.29, 1.82) is 0 Å². The lowest BCUT2D eigenvalue weighted by molar-refractivity contribution is 0.0635.